The first-order chi connectivity index (χ1) is 9.85. The van der Waals surface area contributed by atoms with Crippen LogP contribution in [0.1, 0.15) is 0 Å². The molecule has 0 atom stereocenters. The second-order valence-corrected chi connectivity index (χ2v) is 4.52. The number of aromatic nitrogens is 1. The van der Waals surface area contributed by atoms with Crippen molar-refractivity contribution >= 4 is 34.4 Å². The molecule has 0 radical (unpaired) electrons. The molecule has 0 aliphatic heterocycles. The van der Waals surface area contributed by atoms with E-state index in [2.05, 4.69) is 23.0 Å². The molecule has 0 amide bonds. The molecule has 3 nitrogen and oxygen atoms in total. The predicted molar refractivity (Wildman–Crippen MR) is 83.0 cm³/mol. The van der Waals surface area contributed by atoms with Gasteiger partial charge in [0.2, 0.25) is 0 Å². The molecule has 20 heavy (non-hydrogen) atoms. The van der Waals surface area contributed by atoms with E-state index in [1.807, 2.05) is 30.3 Å². The zero-order valence-electron chi connectivity index (χ0n) is 11.2. The van der Waals surface area contributed by atoms with Gasteiger partial charge in [0.1, 0.15) is 0 Å². The van der Waals surface area contributed by atoms with Gasteiger partial charge in [-0.15, -0.1) is 6.42 Å². The van der Waals surface area contributed by atoms with Crippen LogP contribution in [-0.4, -0.2) is 25.8 Å². The van der Waals surface area contributed by atoms with Gasteiger partial charge in [0.25, 0.3) is 0 Å². The van der Waals surface area contributed by atoms with Crippen LogP contribution in [0.2, 0.25) is 0 Å². The van der Waals surface area contributed by atoms with Crippen molar-refractivity contribution in [3.05, 3.63) is 42.5 Å². The van der Waals surface area contributed by atoms with Crippen molar-refractivity contribution in [2.75, 3.05) is 13.7 Å². The van der Waals surface area contributed by atoms with Crippen molar-refractivity contribution in [1.82, 2.24) is 4.98 Å². The summed E-state index contributed by atoms with van der Waals surface area (Å²) in [6, 6.07) is 14.2. The Bertz CT molecular complexity index is 788. The molecule has 0 fully saturated rings. The first kappa shape index (κ1) is 12.8. The molecule has 0 saturated carbocycles. The minimum Gasteiger partial charge on any atom is -0.410 e. The van der Waals surface area contributed by atoms with E-state index in [1.165, 1.54) is 0 Å². The molecule has 0 bridgehead atoms. The van der Waals surface area contributed by atoms with Gasteiger partial charge < -0.3 is 14.3 Å². The molecule has 98 valence electrons. The Balaban J connectivity index is 2.22. The molecule has 3 aromatic rings. The number of aromatic amines is 1. The zero-order valence-corrected chi connectivity index (χ0v) is 11.2. The Hall–Kier alpha value is -2.22. The molecule has 0 spiro atoms. The van der Waals surface area contributed by atoms with Gasteiger partial charge in [0, 0.05) is 28.9 Å². The topological polar surface area (TPSA) is 34.2 Å². The minimum atomic E-state index is -0.464. The van der Waals surface area contributed by atoms with Crippen molar-refractivity contribution in [2.45, 2.75) is 0 Å². The normalized spacial score (nSPS) is 10.8. The lowest BCUT2D eigenvalue weighted by atomic mass is 9.76. The molecule has 3 rings (SSSR count). The van der Waals surface area contributed by atoms with Crippen molar-refractivity contribution < 1.29 is 9.31 Å². The molecule has 1 N–H and O–H groups in total. The Kier molecular flexibility index (Phi) is 3.47. The fourth-order valence-corrected chi connectivity index (χ4v) is 2.54. The summed E-state index contributed by atoms with van der Waals surface area (Å²) in [5.41, 5.74) is 3.15. The average molecular weight is 263 g/mol. The SMILES string of the molecule is C#CCOB(OC)c1cccc2[nH]c3ccccc3c12. The lowest BCUT2D eigenvalue weighted by Crippen LogP contribution is -2.36. The monoisotopic (exact) mass is 263 g/mol. The van der Waals surface area contributed by atoms with Crippen molar-refractivity contribution in [1.29, 1.82) is 0 Å². The number of nitrogens with one attached hydrogen (secondary N) is 1. The molecule has 0 aliphatic rings. The number of para-hydroxylation sites is 1. The molecule has 0 aliphatic carbocycles. The predicted octanol–water partition coefficient (Wildman–Crippen LogP) is 2.31. The maximum absolute atomic E-state index is 5.58. The van der Waals surface area contributed by atoms with Crippen LogP contribution in [0.3, 0.4) is 0 Å². The molecule has 0 saturated heterocycles. The maximum atomic E-state index is 5.58. The van der Waals surface area contributed by atoms with Gasteiger partial charge >= 0.3 is 7.12 Å². The molecular formula is C16H14BNO2. The van der Waals surface area contributed by atoms with Crippen LogP contribution in [0.15, 0.2) is 42.5 Å². The first-order valence-corrected chi connectivity index (χ1v) is 6.42. The van der Waals surface area contributed by atoms with Gasteiger partial charge in [0.05, 0.1) is 6.61 Å². The molecule has 2 aromatic carbocycles. The number of benzene rings is 2. The fourth-order valence-electron chi connectivity index (χ4n) is 2.54. The molecule has 1 heterocycles. The van der Waals surface area contributed by atoms with E-state index in [0.717, 1.165) is 27.3 Å². The van der Waals surface area contributed by atoms with Gasteiger partial charge in [0.15, 0.2) is 0 Å². The Morgan fingerprint density at radius 1 is 1.15 bits per heavy atom. The van der Waals surface area contributed by atoms with E-state index in [4.69, 9.17) is 15.7 Å². The van der Waals surface area contributed by atoms with Gasteiger partial charge in [-0.05, 0) is 17.6 Å². The van der Waals surface area contributed by atoms with Crippen LogP contribution >= 0.6 is 0 Å². The van der Waals surface area contributed by atoms with Crippen LogP contribution in [0.25, 0.3) is 21.8 Å². The lowest BCUT2D eigenvalue weighted by Gasteiger charge is -2.11. The molecule has 1 aromatic heterocycles. The number of H-pyrrole nitrogens is 1. The minimum absolute atomic E-state index is 0.219. The second kappa shape index (κ2) is 5.42. The van der Waals surface area contributed by atoms with E-state index < -0.39 is 7.12 Å². The average Bonchev–Trinajstić information content (AvgIpc) is 2.87. The van der Waals surface area contributed by atoms with Crippen LogP contribution in [0.4, 0.5) is 0 Å². The quantitative estimate of drug-likeness (QED) is 0.579. The Morgan fingerprint density at radius 2 is 1.95 bits per heavy atom. The number of rotatable bonds is 4. The highest BCUT2D eigenvalue weighted by Gasteiger charge is 2.23. The third-order valence-electron chi connectivity index (χ3n) is 3.35. The van der Waals surface area contributed by atoms with Crippen LogP contribution in [0, 0.1) is 12.3 Å². The van der Waals surface area contributed by atoms with E-state index >= 15 is 0 Å². The summed E-state index contributed by atoms with van der Waals surface area (Å²) in [5.74, 6) is 2.47. The third-order valence-corrected chi connectivity index (χ3v) is 3.35. The summed E-state index contributed by atoms with van der Waals surface area (Å²) in [5, 5.41) is 2.27. The molecule has 0 unspecified atom stereocenters. The smallest absolute Gasteiger partial charge is 0.410 e. The number of terminal acetylenes is 1. The highest BCUT2D eigenvalue weighted by Crippen LogP contribution is 2.24. The van der Waals surface area contributed by atoms with E-state index in [9.17, 15) is 0 Å². The van der Waals surface area contributed by atoms with Crippen molar-refractivity contribution in [3.8, 4) is 12.3 Å². The maximum Gasteiger partial charge on any atom is 0.495 e. The number of hydrogen-bond donors (Lipinski definition) is 1. The molecule has 4 heteroatoms. The van der Waals surface area contributed by atoms with Crippen LogP contribution in [-0.2, 0) is 9.31 Å². The summed E-state index contributed by atoms with van der Waals surface area (Å²) in [7, 11) is 1.16. The zero-order chi connectivity index (χ0) is 13.9. The molecular weight excluding hydrogens is 249 g/mol. The summed E-state index contributed by atoms with van der Waals surface area (Å²) >= 11 is 0. The second-order valence-electron chi connectivity index (χ2n) is 4.52. The Morgan fingerprint density at radius 3 is 2.75 bits per heavy atom. The van der Waals surface area contributed by atoms with Gasteiger partial charge in [-0.1, -0.05) is 36.3 Å². The third kappa shape index (κ3) is 2.07. The number of hydrogen-bond acceptors (Lipinski definition) is 2. The van der Waals surface area contributed by atoms with E-state index in [1.54, 1.807) is 7.11 Å². The van der Waals surface area contributed by atoms with Crippen molar-refractivity contribution in [2.24, 2.45) is 0 Å². The van der Waals surface area contributed by atoms with E-state index in [-0.39, 0.29) is 6.61 Å². The van der Waals surface area contributed by atoms with Gasteiger partial charge in [-0.2, -0.15) is 0 Å². The largest absolute Gasteiger partial charge is 0.495 e. The summed E-state index contributed by atoms with van der Waals surface area (Å²) < 4.78 is 11.0. The highest BCUT2D eigenvalue weighted by atomic mass is 16.6. The first-order valence-electron chi connectivity index (χ1n) is 6.42. The van der Waals surface area contributed by atoms with E-state index in [0.29, 0.717) is 0 Å². The standard InChI is InChI=1S/C16H14BNO2/c1-3-11-20-17(19-2)13-8-6-10-15-16(13)12-7-4-5-9-14(12)18-15/h1,4-10,18H,11H2,2H3. The van der Waals surface area contributed by atoms with Gasteiger partial charge in [-0.3, -0.25) is 0 Å². The Labute approximate surface area is 118 Å². The number of fused-ring (bicyclic) bond motifs is 3. The van der Waals surface area contributed by atoms with Crippen molar-refractivity contribution in [3.63, 3.8) is 0 Å². The lowest BCUT2D eigenvalue weighted by molar-refractivity contribution is 0.270. The fraction of sp³-hybridized carbons (Fsp3) is 0.125. The van der Waals surface area contributed by atoms with Crippen LogP contribution in [0.5, 0.6) is 0 Å². The summed E-state index contributed by atoms with van der Waals surface area (Å²) in [6.07, 6.45) is 5.26. The van der Waals surface area contributed by atoms with Gasteiger partial charge in [-0.25, -0.2) is 0 Å². The summed E-state index contributed by atoms with van der Waals surface area (Å²) in [6.45, 7) is 0.219. The summed E-state index contributed by atoms with van der Waals surface area (Å²) in [4.78, 5) is 3.40. The highest BCUT2D eigenvalue weighted by molar-refractivity contribution is 6.65. The van der Waals surface area contributed by atoms with Crippen LogP contribution < -0.4 is 5.46 Å².